The van der Waals surface area contributed by atoms with Gasteiger partial charge in [-0.2, -0.15) is 0 Å². The Bertz CT molecular complexity index is 672. The predicted octanol–water partition coefficient (Wildman–Crippen LogP) is 2.58. The number of aryl methyl sites for hydroxylation is 1. The predicted molar refractivity (Wildman–Crippen MR) is 72.3 cm³/mol. The van der Waals surface area contributed by atoms with Crippen LogP contribution in [-0.2, 0) is 13.6 Å². The molecular weight excluding hydrogens is 224 g/mol. The number of pyridine rings is 1. The second-order valence-corrected chi connectivity index (χ2v) is 4.20. The molecule has 0 aliphatic heterocycles. The van der Waals surface area contributed by atoms with E-state index in [1.54, 1.807) is 6.20 Å². The van der Waals surface area contributed by atoms with Gasteiger partial charge >= 0.3 is 0 Å². The lowest BCUT2D eigenvalue weighted by Gasteiger charge is -2.06. The highest BCUT2D eigenvalue weighted by Gasteiger charge is 2.00. The number of anilines is 1. The number of imidazole rings is 1. The Morgan fingerprint density at radius 3 is 2.89 bits per heavy atom. The lowest BCUT2D eigenvalue weighted by molar-refractivity contribution is 0.811. The summed E-state index contributed by atoms with van der Waals surface area (Å²) < 4.78 is 1.99. The van der Waals surface area contributed by atoms with E-state index in [0.29, 0.717) is 6.54 Å². The van der Waals surface area contributed by atoms with E-state index in [1.165, 1.54) is 0 Å². The molecule has 0 saturated heterocycles. The first-order chi connectivity index (χ1) is 8.83. The summed E-state index contributed by atoms with van der Waals surface area (Å²) in [4.78, 5) is 8.82. The number of hydrogen-bond acceptors (Lipinski definition) is 3. The van der Waals surface area contributed by atoms with Gasteiger partial charge < -0.3 is 9.88 Å². The van der Waals surface area contributed by atoms with Crippen LogP contribution in [0.5, 0.6) is 0 Å². The van der Waals surface area contributed by atoms with Crippen LogP contribution in [0.2, 0.25) is 0 Å². The minimum atomic E-state index is 0.675. The van der Waals surface area contributed by atoms with Gasteiger partial charge in [0.1, 0.15) is 11.6 Å². The minimum absolute atomic E-state index is 0.675. The van der Waals surface area contributed by atoms with Crippen molar-refractivity contribution in [1.29, 1.82) is 0 Å². The monoisotopic (exact) mass is 238 g/mol. The quantitative estimate of drug-likeness (QED) is 0.762. The number of nitrogens with one attached hydrogen (secondary N) is 1. The number of benzene rings is 1. The lowest BCUT2D eigenvalue weighted by Crippen LogP contribution is -2.06. The molecule has 90 valence electrons. The van der Waals surface area contributed by atoms with Gasteiger partial charge in [0, 0.05) is 24.8 Å². The van der Waals surface area contributed by atoms with Crippen LogP contribution in [0.25, 0.3) is 10.9 Å². The zero-order valence-corrected chi connectivity index (χ0v) is 10.2. The first kappa shape index (κ1) is 10.8. The van der Waals surface area contributed by atoms with Crippen LogP contribution >= 0.6 is 0 Å². The van der Waals surface area contributed by atoms with Gasteiger partial charge in [0.25, 0.3) is 0 Å². The Kier molecular flexibility index (Phi) is 2.68. The Morgan fingerprint density at radius 1 is 1.17 bits per heavy atom. The fourth-order valence-electron chi connectivity index (χ4n) is 1.90. The van der Waals surface area contributed by atoms with Gasteiger partial charge in [0.05, 0.1) is 12.1 Å². The Hall–Kier alpha value is -2.36. The summed E-state index contributed by atoms with van der Waals surface area (Å²) in [5, 5.41) is 4.44. The minimum Gasteiger partial charge on any atom is -0.363 e. The number of fused-ring (bicyclic) bond motifs is 1. The van der Waals surface area contributed by atoms with Crippen LogP contribution < -0.4 is 5.32 Å². The second-order valence-electron chi connectivity index (χ2n) is 4.20. The second kappa shape index (κ2) is 4.49. The van der Waals surface area contributed by atoms with Crippen LogP contribution in [0.3, 0.4) is 0 Å². The largest absolute Gasteiger partial charge is 0.363 e. The molecule has 0 radical (unpaired) electrons. The molecule has 2 aromatic heterocycles. The normalized spacial score (nSPS) is 10.7. The highest BCUT2D eigenvalue weighted by Crippen LogP contribution is 2.14. The van der Waals surface area contributed by atoms with Crippen molar-refractivity contribution in [1.82, 2.24) is 14.5 Å². The zero-order valence-electron chi connectivity index (χ0n) is 10.2. The van der Waals surface area contributed by atoms with Gasteiger partial charge in [-0.3, -0.25) is 0 Å². The van der Waals surface area contributed by atoms with Crippen molar-refractivity contribution in [3.8, 4) is 0 Å². The summed E-state index contributed by atoms with van der Waals surface area (Å²) in [5.41, 5.74) is 1.00. The summed E-state index contributed by atoms with van der Waals surface area (Å²) in [7, 11) is 1.98. The third kappa shape index (κ3) is 2.05. The SMILES string of the molecule is Cn1ccnc1CNc1ccc2ccccc2n1. The maximum atomic E-state index is 4.56. The van der Waals surface area contributed by atoms with E-state index in [2.05, 4.69) is 27.4 Å². The summed E-state index contributed by atoms with van der Waals surface area (Å²) in [6.07, 6.45) is 3.73. The van der Waals surface area contributed by atoms with Crippen molar-refractivity contribution >= 4 is 16.7 Å². The van der Waals surface area contributed by atoms with Crippen LogP contribution in [0, 0.1) is 0 Å². The fraction of sp³-hybridized carbons (Fsp3) is 0.143. The molecule has 0 bridgehead atoms. The summed E-state index contributed by atoms with van der Waals surface area (Å²) in [5.74, 6) is 1.86. The molecule has 4 heteroatoms. The first-order valence-corrected chi connectivity index (χ1v) is 5.89. The molecule has 0 aliphatic carbocycles. The van der Waals surface area contributed by atoms with Gasteiger partial charge in [0.15, 0.2) is 0 Å². The molecule has 0 saturated carbocycles. The number of para-hydroxylation sites is 1. The van der Waals surface area contributed by atoms with Gasteiger partial charge in [-0.15, -0.1) is 0 Å². The number of rotatable bonds is 3. The van der Waals surface area contributed by atoms with Crippen molar-refractivity contribution in [2.24, 2.45) is 7.05 Å². The first-order valence-electron chi connectivity index (χ1n) is 5.89. The van der Waals surface area contributed by atoms with E-state index in [-0.39, 0.29) is 0 Å². The van der Waals surface area contributed by atoms with Crippen LogP contribution in [0.15, 0.2) is 48.8 Å². The van der Waals surface area contributed by atoms with Gasteiger partial charge in [0.2, 0.25) is 0 Å². The third-order valence-corrected chi connectivity index (χ3v) is 2.95. The molecule has 2 heterocycles. The molecule has 4 nitrogen and oxygen atoms in total. The molecule has 1 N–H and O–H groups in total. The van der Waals surface area contributed by atoms with Crippen molar-refractivity contribution < 1.29 is 0 Å². The van der Waals surface area contributed by atoms with Gasteiger partial charge in [-0.25, -0.2) is 9.97 Å². The Labute approximate surface area is 105 Å². The average Bonchev–Trinajstić information content (AvgIpc) is 2.82. The fourth-order valence-corrected chi connectivity index (χ4v) is 1.90. The van der Waals surface area contributed by atoms with E-state index in [1.807, 2.05) is 42.1 Å². The topological polar surface area (TPSA) is 42.7 Å². The van der Waals surface area contributed by atoms with Crippen molar-refractivity contribution in [2.75, 3.05) is 5.32 Å². The number of nitrogens with zero attached hydrogens (tertiary/aromatic N) is 3. The van der Waals surface area contributed by atoms with E-state index in [9.17, 15) is 0 Å². The van der Waals surface area contributed by atoms with E-state index < -0.39 is 0 Å². The van der Waals surface area contributed by atoms with Gasteiger partial charge in [-0.1, -0.05) is 18.2 Å². The number of hydrogen-bond donors (Lipinski definition) is 1. The third-order valence-electron chi connectivity index (χ3n) is 2.95. The average molecular weight is 238 g/mol. The summed E-state index contributed by atoms with van der Waals surface area (Å²) >= 11 is 0. The molecule has 0 spiro atoms. The molecular formula is C14H14N4. The van der Waals surface area contributed by atoms with Gasteiger partial charge in [-0.05, 0) is 18.2 Å². The van der Waals surface area contributed by atoms with Crippen molar-refractivity contribution in [2.45, 2.75) is 6.54 Å². The lowest BCUT2D eigenvalue weighted by atomic mass is 10.2. The van der Waals surface area contributed by atoms with E-state index >= 15 is 0 Å². The molecule has 1 aromatic carbocycles. The summed E-state index contributed by atoms with van der Waals surface area (Å²) in [6, 6.07) is 12.2. The molecule has 0 aliphatic rings. The van der Waals surface area contributed by atoms with E-state index in [0.717, 1.165) is 22.5 Å². The maximum Gasteiger partial charge on any atom is 0.127 e. The van der Waals surface area contributed by atoms with Crippen molar-refractivity contribution in [3.63, 3.8) is 0 Å². The molecule has 3 rings (SSSR count). The molecule has 3 aromatic rings. The van der Waals surface area contributed by atoms with E-state index in [4.69, 9.17) is 0 Å². The number of aromatic nitrogens is 3. The zero-order chi connectivity index (χ0) is 12.4. The van der Waals surface area contributed by atoms with Crippen LogP contribution in [-0.4, -0.2) is 14.5 Å². The Morgan fingerprint density at radius 2 is 2.06 bits per heavy atom. The Balaban J connectivity index is 1.81. The van der Waals surface area contributed by atoms with Crippen LogP contribution in [0.4, 0.5) is 5.82 Å². The van der Waals surface area contributed by atoms with Crippen molar-refractivity contribution in [3.05, 3.63) is 54.6 Å². The molecule has 0 atom stereocenters. The molecule has 0 unspecified atom stereocenters. The smallest absolute Gasteiger partial charge is 0.127 e. The molecule has 18 heavy (non-hydrogen) atoms. The maximum absolute atomic E-state index is 4.56. The highest BCUT2D eigenvalue weighted by molar-refractivity contribution is 5.79. The molecule has 0 amide bonds. The molecule has 0 fully saturated rings. The van der Waals surface area contributed by atoms with Crippen LogP contribution in [0.1, 0.15) is 5.82 Å². The summed E-state index contributed by atoms with van der Waals surface area (Å²) in [6.45, 7) is 0.675. The standard InChI is InChI=1S/C14H14N4/c1-18-9-8-15-14(18)10-16-13-7-6-11-4-2-3-5-12(11)17-13/h2-9H,10H2,1H3,(H,16,17). The highest BCUT2D eigenvalue weighted by atomic mass is 15.1.